The topological polar surface area (TPSA) is 112 Å². The highest BCUT2D eigenvalue weighted by Crippen LogP contribution is 1.91. The van der Waals surface area contributed by atoms with Crippen LogP contribution in [0.5, 0.6) is 0 Å². The van der Waals surface area contributed by atoms with Crippen LogP contribution < -0.4 is 5.56 Å². The Hall–Kier alpha value is -2.14. The minimum atomic E-state index is -0.825. The summed E-state index contributed by atoms with van der Waals surface area (Å²) in [5, 5.41) is 8.16. The van der Waals surface area contributed by atoms with Crippen LogP contribution in [0.2, 0.25) is 0 Å². The van der Waals surface area contributed by atoms with E-state index in [2.05, 4.69) is 15.1 Å². The molecule has 0 fully saturated rings. The molecular formula is C5H3N5O2. The van der Waals surface area contributed by atoms with Crippen LogP contribution in [-0.4, -0.2) is 16.1 Å². The Kier molecular flexibility index (Phi) is 2.20. The summed E-state index contributed by atoms with van der Waals surface area (Å²) in [6.45, 7) is 0. The summed E-state index contributed by atoms with van der Waals surface area (Å²) < 4.78 is 0. The molecule has 0 saturated carbocycles. The molecule has 1 aromatic rings. The van der Waals surface area contributed by atoms with Crippen molar-refractivity contribution < 1.29 is 4.79 Å². The van der Waals surface area contributed by atoms with Crippen molar-refractivity contribution in [2.24, 2.45) is 5.11 Å². The van der Waals surface area contributed by atoms with Gasteiger partial charge in [0.15, 0.2) is 0 Å². The summed E-state index contributed by atoms with van der Waals surface area (Å²) in [4.78, 5) is 23.5. The zero-order valence-electron chi connectivity index (χ0n) is 5.76. The molecule has 0 saturated heterocycles. The van der Waals surface area contributed by atoms with Crippen LogP contribution in [0.1, 0.15) is 10.5 Å². The molecule has 0 spiro atoms. The Labute approximate surface area is 65.7 Å². The molecule has 1 heterocycles. The molecule has 0 aromatic carbocycles. The summed E-state index contributed by atoms with van der Waals surface area (Å²) in [5.41, 5.74) is 7.38. The van der Waals surface area contributed by atoms with Gasteiger partial charge >= 0.3 is 0 Å². The monoisotopic (exact) mass is 165 g/mol. The van der Waals surface area contributed by atoms with Crippen molar-refractivity contribution in [2.75, 3.05) is 0 Å². The second kappa shape index (κ2) is 3.31. The minimum absolute atomic E-state index is 0.0904. The molecular weight excluding hydrogens is 162 g/mol. The van der Waals surface area contributed by atoms with Crippen molar-refractivity contribution in [3.05, 3.63) is 38.6 Å². The molecule has 12 heavy (non-hydrogen) atoms. The van der Waals surface area contributed by atoms with Gasteiger partial charge in [-0.25, -0.2) is 5.10 Å². The molecule has 7 nitrogen and oxygen atoms in total. The standard InChI is InChI=1S/C5H3N5O2/c6-10-9-5(12)3-1-2-4(11)8-7-3/h1-2H,(H,8,11). The number of amides is 1. The van der Waals surface area contributed by atoms with E-state index in [0.717, 1.165) is 6.07 Å². The number of hydrogen-bond acceptors (Lipinski definition) is 3. The number of H-pyrrole nitrogens is 1. The van der Waals surface area contributed by atoms with E-state index >= 15 is 0 Å². The van der Waals surface area contributed by atoms with E-state index in [9.17, 15) is 9.59 Å². The third-order valence-corrected chi connectivity index (χ3v) is 1.03. The number of carbonyl (C=O) groups is 1. The number of carbonyl (C=O) groups excluding carboxylic acids is 1. The quantitative estimate of drug-likeness (QED) is 0.364. The second-order valence-electron chi connectivity index (χ2n) is 1.80. The lowest BCUT2D eigenvalue weighted by atomic mass is 10.4. The maximum atomic E-state index is 10.8. The fraction of sp³-hybridized carbons (Fsp3) is 0. The average Bonchev–Trinajstić information content (AvgIpc) is 2.06. The van der Waals surface area contributed by atoms with Crippen molar-refractivity contribution in [1.82, 2.24) is 10.2 Å². The number of rotatable bonds is 1. The van der Waals surface area contributed by atoms with Gasteiger partial charge in [0.05, 0.1) is 0 Å². The zero-order valence-corrected chi connectivity index (χ0v) is 5.76. The van der Waals surface area contributed by atoms with Crippen molar-refractivity contribution in [3.63, 3.8) is 0 Å². The van der Waals surface area contributed by atoms with Crippen LogP contribution in [0.15, 0.2) is 22.0 Å². The fourth-order valence-electron chi connectivity index (χ4n) is 0.555. The Morgan fingerprint density at radius 1 is 1.67 bits per heavy atom. The highest BCUT2D eigenvalue weighted by Gasteiger charge is 2.02. The van der Waals surface area contributed by atoms with E-state index in [1.54, 1.807) is 0 Å². The average molecular weight is 165 g/mol. The molecule has 0 atom stereocenters. The van der Waals surface area contributed by atoms with Crippen LogP contribution in [0, 0.1) is 0 Å². The van der Waals surface area contributed by atoms with Gasteiger partial charge in [-0.3, -0.25) is 9.59 Å². The molecule has 1 aromatic heterocycles. The van der Waals surface area contributed by atoms with Gasteiger partial charge in [-0.05, 0) is 16.7 Å². The molecule has 7 heteroatoms. The zero-order chi connectivity index (χ0) is 8.97. The maximum Gasteiger partial charge on any atom is 0.269 e. The summed E-state index contributed by atoms with van der Waals surface area (Å²) in [5.74, 6) is -0.825. The van der Waals surface area contributed by atoms with Gasteiger partial charge in [-0.15, -0.1) is 0 Å². The van der Waals surface area contributed by atoms with E-state index < -0.39 is 11.5 Å². The first-order valence-electron chi connectivity index (χ1n) is 2.89. The lowest BCUT2D eigenvalue weighted by Gasteiger charge is -1.88. The molecule has 0 aliphatic carbocycles. The molecule has 0 aliphatic rings. The predicted octanol–water partition coefficient (Wildman–Crippen LogP) is 0.220. The van der Waals surface area contributed by atoms with Crippen LogP contribution in [0.3, 0.4) is 0 Å². The molecule has 60 valence electrons. The summed E-state index contributed by atoms with van der Waals surface area (Å²) in [6, 6.07) is 2.29. The van der Waals surface area contributed by atoms with Crippen LogP contribution >= 0.6 is 0 Å². The first-order chi connectivity index (χ1) is 5.74. The van der Waals surface area contributed by atoms with Crippen molar-refractivity contribution in [3.8, 4) is 0 Å². The third-order valence-electron chi connectivity index (χ3n) is 1.03. The van der Waals surface area contributed by atoms with Gasteiger partial charge in [-0.1, -0.05) is 0 Å². The van der Waals surface area contributed by atoms with Gasteiger partial charge in [0.1, 0.15) is 5.69 Å². The first kappa shape index (κ1) is 7.96. The Bertz CT molecular complexity index is 382. The Morgan fingerprint density at radius 3 is 2.92 bits per heavy atom. The van der Waals surface area contributed by atoms with Gasteiger partial charge in [0.2, 0.25) is 0 Å². The number of hydrogen-bond donors (Lipinski definition) is 1. The van der Waals surface area contributed by atoms with Crippen LogP contribution in [0.4, 0.5) is 0 Å². The van der Waals surface area contributed by atoms with Gasteiger partial charge in [-0.2, -0.15) is 5.10 Å². The SMILES string of the molecule is [N-]=[N+]=NC(=O)c1ccc(=O)[nH]n1. The lowest BCUT2D eigenvalue weighted by Crippen LogP contribution is -2.09. The van der Waals surface area contributed by atoms with Gasteiger partial charge < -0.3 is 0 Å². The highest BCUT2D eigenvalue weighted by molar-refractivity contribution is 5.92. The normalized spacial score (nSPS) is 8.67. The maximum absolute atomic E-state index is 10.8. The Morgan fingerprint density at radius 2 is 2.42 bits per heavy atom. The van der Waals surface area contributed by atoms with E-state index in [0.29, 0.717) is 0 Å². The second-order valence-corrected chi connectivity index (χ2v) is 1.80. The van der Waals surface area contributed by atoms with E-state index in [1.807, 2.05) is 5.10 Å². The summed E-state index contributed by atoms with van der Waals surface area (Å²) in [6.07, 6.45) is 0. The number of nitrogens with zero attached hydrogens (tertiary/aromatic N) is 4. The first-order valence-corrected chi connectivity index (χ1v) is 2.89. The lowest BCUT2D eigenvalue weighted by molar-refractivity contribution is 0.0994. The number of aromatic nitrogens is 2. The fourth-order valence-corrected chi connectivity index (χ4v) is 0.555. The van der Waals surface area contributed by atoms with Crippen LogP contribution in [0.25, 0.3) is 10.4 Å². The molecule has 1 amide bonds. The molecule has 0 bridgehead atoms. The molecule has 1 rings (SSSR count). The van der Waals surface area contributed by atoms with Gasteiger partial charge in [0, 0.05) is 11.0 Å². The summed E-state index contributed by atoms with van der Waals surface area (Å²) >= 11 is 0. The minimum Gasteiger partial charge on any atom is -0.285 e. The molecule has 0 radical (unpaired) electrons. The van der Waals surface area contributed by atoms with Crippen molar-refractivity contribution in [2.45, 2.75) is 0 Å². The van der Waals surface area contributed by atoms with Gasteiger partial charge in [0.25, 0.3) is 11.5 Å². The van der Waals surface area contributed by atoms with E-state index in [-0.39, 0.29) is 5.69 Å². The molecule has 0 aliphatic heterocycles. The largest absolute Gasteiger partial charge is 0.285 e. The predicted molar refractivity (Wildman–Crippen MR) is 38.3 cm³/mol. The highest BCUT2D eigenvalue weighted by atomic mass is 16.2. The molecule has 0 unspecified atom stereocenters. The smallest absolute Gasteiger partial charge is 0.269 e. The van der Waals surface area contributed by atoms with Crippen molar-refractivity contribution in [1.29, 1.82) is 0 Å². The summed E-state index contributed by atoms with van der Waals surface area (Å²) in [7, 11) is 0. The van der Waals surface area contributed by atoms with E-state index in [4.69, 9.17) is 5.53 Å². The molecule has 1 N–H and O–H groups in total. The third kappa shape index (κ3) is 1.68. The number of aromatic amines is 1. The number of azide groups is 1. The van der Waals surface area contributed by atoms with Crippen LogP contribution in [-0.2, 0) is 0 Å². The number of nitrogens with one attached hydrogen (secondary N) is 1. The van der Waals surface area contributed by atoms with E-state index in [1.165, 1.54) is 6.07 Å². The Balaban J connectivity index is 3.05. The van der Waals surface area contributed by atoms with Crippen molar-refractivity contribution >= 4 is 5.91 Å².